The number of aromatic nitrogens is 7. The van der Waals surface area contributed by atoms with Gasteiger partial charge >= 0.3 is 0 Å². The van der Waals surface area contributed by atoms with Gasteiger partial charge in [0.1, 0.15) is 5.69 Å². The second-order valence-electron chi connectivity index (χ2n) is 4.58. The molecule has 0 atom stereocenters. The minimum Gasteiger partial charge on any atom is -0.413 e. The molecule has 0 saturated heterocycles. The van der Waals surface area contributed by atoms with E-state index in [-0.39, 0.29) is 0 Å². The minimum atomic E-state index is 0.353. The van der Waals surface area contributed by atoms with Gasteiger partial charge in [-0.2, -0.15) is 5.10 Å². The summed E-state index contributed by atoms with van der Waals surface area (Å²) in [5, 5.41) is 20.3. The molecule has 0 N–H and O–H groups in total. The summed E-state index contributed by atoms with van der Waals surface area (Å²) in [6, 6.07) is 1.97. The maximum atomic E-state index is 5.64. The van der Waals surface area contributed by atoms with Crippen LogP contribution in [0.2, 0.25) is 0 Å². The Hall–Kier alpha value is -2.51. The van der Waals surface area contributed by atoms with E-state index in [9.17, 15) is 0 Å². The van der Waals surface area contributed by atoms with Crippen LogP contribution in [0.1, 0.15) is 19.0 Å². The maximum absolute atomic E-state index is 5.64. The van der Waals surface area contributed by atoms with Gasteiger partial charge in [0, 0.05) is 14.1 Å². The summed E-state index contributed by atoms with van der Waals surface area (Å²) in [7, 11) is 3.65. The Morgan fingerprint density at radius 3 is 2.65 bits per heavy atom. The molecule has 104 valence electrons. The highest BCUT2D eigenvalue weighted by atomic mass is 16.4. The van der Waals surface area contributed by atoms with Crippen LogP contribution in [0.25, 0.3) is 23.2 Å². The topological polar surface area (TPSA) is 87.5 Å². The van der Waals surface area contributed by atoms with E-state index in [1.807, 2.05) is 13.1 Å². The van der Waals surface area contributed by atoms with Crippen molar-refractivity contribution in [2.24, 2.45) is 14.1 Å². The highest BCUT2D eigenvalue weighted by Crippen LogP contribution is 2.22. The van der Waals surface area contributed by atoms with Crippen molar-refractivity contribution in [2.75, 3.05) is 0 Å². The molecule has 0 aliphatic heterocycles. The smallest absolute Gasteiger partial charge is 0.270 e. The van der Waals surface area contributed by atoms with E-state index >= 15 is 0 Å². The van der Waals surface area contributed by atoms with E-state index in [1.165, 1.54) is 0 Å². The molecular formula is C12H15N7O. The second-order valence-corrected chi connectivity index (χ2v) is 4.58. The van der Waals surface area contributed by atoms with Crippen LogP contribution in [0.4, 0.5) is 0 Å². The van der Waals surface area contributed by atoms with E-state index < -0.39 is 0 Å². The van der Waals surface area contributed by atoms with Crippen LogP contribution in [0.15, 0.2) is 16.7 Å². The third-order valence-electron chi connectivity index (χ3n) is 2.90. The Balaban J connectivity index is 1.93. The van der Waals surface area contributed by atoms with Crippen LogP contribution in [0, 0.1) is 0 Å². The van der Waals surface area contributed by atoms with Gasteiger partial charge in [-0.25, -0.2) is 0 Å². The standard InChI is InChI=1S/C12H15N7O/c1-4-5-8-6-10(19(3)16-8)12-15-14-11(20-12)9-7-18(2)17-13-9/h6-7H,4-5H2,1-3H3. The van der Waals surface area contributed by atoms with E-state index in [2.05, 4.69) is 32.5 Å². The Kier molecular flexibility index (Phi) is 3.05. The first kappa shape index (κ1) is 12.5. The monoisotopic (exact) mass is 273 g/mol. The summed E-state index contributed by atoms with van der Waals surface area (Å²) in [6.07, 6.45) is 3.70. The zero-order valence-electron chi connectivity index (χ0n) is 11.6. The zero-order valence-corrected chi connectivity index (χ0v) is 11.6. The van der Waals surface area contributed by atoms with Crippen LogP contribution < -0.4 is 0 Å². The molecule has 0 bridgehead atoms. The van der Waals surface area contributed by atoms with Crippen molar-refractivity contribution < 1.29 is 4.42 Å². The first-order valence-electron chi connectivity index (χ1n) is 6.41. The molecule has 0 amide bonds. The average Bonchev–Trinajstić information content (AvgIpc) is 3.09. The number of hydrogen-bond acceptors (Lipinski definition) is 6. The molecule has 0 fully saturated rings. The summed E-state index contributed by atoms with van der Waals surface area (Å²) in [6.45, 7) is 2.12. The largest absolute Gasteiger partial charge is 0.413 e. The SMILES string of the molecule is CCCc1cc(-c2nnc(-c3cn(C)nn3)o2)n(C)n1. The van der Waals surface area contributed by atoms with Gasteiger partial charge in [-0.1, -0.05) is 18.6 Å². The molecule has 8 heteroatoms. The Labute approximate surface area is 115 Å². The number of aryl methyl sites for hydroxylation is 3. The van der Waals surface area contributed by atoms with Crippen molar-refractivity contribution in [3.05, 3.63) is 18.0 Å². The van der Waals surface area contributed by atoms with Gasteiger partial charge in [-0.3, -0.25) is 9.36 Å². The fourth-order valence-corrected chi connectivity index (χ4v) is 1.98. The van der Waals surface area contributed by atoms with Crippen LogP contribution in [-0.2, 0) is 20.5 Å². The van der Waals surface area contributed by atoms with Gasteiger partial charge in [0.05, 0.1) is 11.9 Å². The van der Waals surface area contributed by atoms with Gasteiger partial charge in [0.25, 0.3) is 11.8 Å². The molecule has 0 aromatic carbocycles. The van der Waals surface area contributed by atoms with Gasteiger partial charge < -0.3 is 4.42 Å². The van der Waals surface area contributed by atoms with Gasteiger partial charge in [0.2, 0.25) is 0 Å². The molecule has 0 saturated carbocycles. The molecule has 3 aromatic heterocycles. The molecule has 0 aliphatic rings. The van der Waals surface area contributed by atoms with Crippen molar-refractivity contribution >= 4 is 0 Å². The summed E-state index contributed by atoms with van der Waals surface area (Å²) >= 11 is 0. The summed E-state index contributed by atoms with van der Waals surface area (Å²) in [5.41, 5.74) is 2.38. The summed E-state index contributed by atoms with van der Waals surface area (Å²) in [4.78, 5) is 0. The quantitative estimate of drug-likeness (QED) is 0.710. The first-order chi connectivity index (χ1) is 9.67. The molecule has 8 nitrogen and oxygen atoms in total. The molecule has 3 rings (SSSR count). The van der Waals surface area contributed by atoms with Crippen molar-refractivity contribution in [1.82, 2.24) is 35.0 Å². The highest BCUT2D eigenvalue weighted by molar-refractivity contribution is 5.51. The number of rotatable bonds is 4. The van der Waals surface area contributed by atoms with Crippen LogP contribution >= 0.6 is 0 Å². The predicted octanol–water partition coefficient (Wildman–Crippen LogP) is 1.22. The average molecular weight is 273 g/mol. The molecule has 0 radical (unpaired) electrons. The molecular weight excluding hydrogens is 258 g/mol. The molecule has 0 aliphatic carbocycles. The fourth-order valence-electron chi connectivity index (χ4n) is 1.98. The normalized spacial score (nSPS) is 11.2. The van der Waals surface area contributed by atoms with Crippen molar-refractivity contribution in [1.29, 1.82) is 0 Å². The molecule has 20 heavy (non-hydrogen) atoms. The summed E-state index contributed by atoms with van der Waals surface area (Å²) in [5.74, 6) is 0.786. The molecule has 3 aromatic rings. The van der Waals surface area contributed by atoms with Crippen molar-refractivity contribution in [3.8, 4) is 23.2 Å². The second kappa shape index (κ2) is 4.87. The Bertz CT molecular complexity index is 724. The molecule has 0 unspecified atom stereocenters. The molecule has 0 spiro atoms. The minimum absolute atomic E-state index is 0.353. The maximum Gasteiger partial charge on any atom is 0.270 e. The van der Waals surface area contributed by atoms with Crippen molar-refractivity contribution in [3.63, 3.8) is 0 Å². The van der Waals surface area contributed by atoms with Crippen LogP contribution in [0.3, 0.4) is 0 Å². The van der Waals surface area contributed by atoms with E-state index in [4.69, 9.17) is 4.42 Å². The lowest BCUT2D eigenvalue weighted by atomic mass is 10.2. The van der Waals surface area contributed by atoms with E-state index in [0.717, 1.165) is 24.2 Å². The lowest BCUT2D eigenvalue weighted by molar-refractivity contribution is 0.572. The van der Waals surface area contributed by atoms with Gasteiger partial charge in [-0.05, 0) is 12.5 Å². The predicted molar refractivity (Wildman–Crippen MR) is 70.5 cm³/mol. The van der Waals surface area contributed by atoms with Gasteiger partial charge in [-0.15, -0.1) is 15.3 Å². The Morgan fingerprint density at radius 1 is 1.15 bits per heavy atom. The number of hydrogen-bond donors (Lipinski definition) is 0. The number of nitrogens with zero attached hydrogens (tertiary/aromatic N) is 7. The Morgan fingerprint density at radius 2 is 1.95 bits per heavy atom. The third kappa shape index (κ3) is 2.20. The van der Waals surface area contributed by atoms with Crippen molar-refractivity contribution in [2.45, 2.75) is 19.8 Å². The highest BCUT2D eigenvalue weighted by Gasteiger charge is 2.16. The fraction of sp³-hybridized carbons (Fsp3) is 0.417. The summed E-state index contributed by atoms with van der Waals surface area (Å²) < 4.78 is 8.98. The lowest BCUT2D eigenvalue weighted by Crippen LogP contribution is -1.94. The van der Waals surface area contributed by atoms with Crippen LogP contribution in [-0.4, -0.2) is 35.0 Å². The zero-order chi connectivity index (χ0) is 14.1. The van der Waals surface area contributed by atoms with E-state index in [0.29, 0.717) is 17.5 Å². The van der Waals surface area contributed by atoms with Gasteiger partial charge in [0.15, 0.2) is 5.69 Å². The lowest BCUT2D eigenvalue weighted by Gasteiger charge is -1.93. The molecule has 3 heterocycles. The first-order valence-corrected chi connectivity index (χ1v) is 6.41. The van der Waals surface area contributed by atoms with Crippen LogP contribution in [0.5, 0.6) is 0 Å². The third-order valence-corrected chi connectivity index (χ3v) is 2.90. The van der Waals surface area contributed by atoms with E-state index in [1.54, 1.807) is 22.6 Å².